The Hall–Kier alpha value is -2.43. The predicted octanol–water partition coefficient (Wildman–Crippen LogP) is 2.21. The van der Waals surface area contributed by atoms with Crippen molar-refractivity contribution in [3.05, 3.63) is 42.9 Å². The molecular formula is C13H12N4O. The van der Waals surface area contributed by atoms with E-state index in [1.807, 2.05) is 37.3 Å². The van der Waals surface area contributed by atoms with Crippen LogP contribution in [0.2, 0.25) is 0 Å². The molecule has 5 nitrogen and oxygen atoms in total. The van der Waals surface area contributed by atoms with Crippen molar-refractivity contribution < 1.29 is 4.74 Å². The van der Waals surface area contributed by atoms with Crippen LogP contribution in [0.5, 0.6) is 5.88 Å². The van der Waals surface area contributed by atoms with Gasteiger partial charge in [-0.05, 0) is 19.1 Å². The Bertz CT molecular complexity index is 663. The number of nitrogens with zero attached hydrogens (tertiary/aromatic N) is 4. The van der Waals surface area contributed by atoms with E-state index in [1.54, 1.807) is 10.9 Å². The number of hydrogen-bond acceptors (Lipinski definition) is 4. The van der Waals surface area contributed by atoms with E-state index < -0.39 is 0 Å². The van der Waals surface area contributed by atoms with E-state index in [1.165, 1.54) is 6.33 Å². The summed E-state index contributed by atoms with van der Waals surface area (Å²) in [6, 6.07) is 9.86. The summed E-state index contributed by atoms with van der Waals surface area (Å²) in [4.78, 5) is 8.39. The van der Waals surface area contributed by atoms with Gasteiger partial charge in [0, 0.05) is 0 Å². The van der Waals surface area contributed by atoms with E-state index in [9.17, 15) is 0 Å². The molecule has 0 amide bonds. The van der Waals surface area contributed by atoms with E-state index in [-0.39, 0.29) is 0 Å². The highest BCUT2D eigenvalue weighted by Crippen LogP contribution is 2.22. The molecule has 5 heteroatoms. The van der Waals surface area contributed by atoms with Gasteiger partial charge in [0.2, 0.25) is 5.88 Å². The van der Waals surface area contributed by atoms with Crippen molar-refractivity contribution in [3.63, 3.8) is 0 Å². The molecule has 18 heavy (non-hydrogen) atoms. The zero-order valence-corrected chi connectivity index (χ0v) is 9.95. The molecule has 0 saturated carbocycles. The number of aromatic nitrogens is 4. The zero-order chi connectivity index (χ0) is 12.4. The van der Waals surface area contributed by atoms with Crippen LogP contribution in [0.25, 0.3) is 16.7 Å². The summed E-state index contributed by atoms with van der Waals surface area (Å²) in [6.45, 7) is 2.50. The minimum atomic E-state index is 0.572. The van der Waals surface area contributed by atoms with Crippen LogP contribution in [0.3, 0.4) is 0 Å². The molecule has 0 unspecified atom stereocenters. The van der Waals surface area contributed by atoms with Gasteiger partial charge in [-0.15, -0.1) is 0 Å². The van der Waals surface area contributed by atoms with Gasteiger partial charge < -0.3 is 4.74 Å². The molecule has 0 bridgehead atoms. The van der Waals surface area contributed by atoms with Gasteiger partial charge in [0.05, 0.1) is 18.5 Å². The van der Waals surface area contributed by atoms with Crippen LogP contribution in [0.15, 0.2) is 42.9 Å². The Morgan fingerprint density at radius 3 is 2.78 bits per heavy atom. The van der Waals surface area contributed by atoms with Gasteiger partial charge >= 0.3 is 0 Å². The molecule has 0 radical (unpaired) electrons. The maximum absolute atomic E-state index is 5.46. The first-order chi connectivity index (χ1) is 8.90. The molecule has 3 rings (SSSR count). The molecule has 90 valence electrons. The lowest BCUT2D eigenvalue weighted by molar-refractivity contribution is 0.331. The molecule has 2 aromatic heterocycles. The monoisotopic (exact) mass is 240 g/mol. The molecular weight excluding hydrogens is 228 g/mol. The average Bonchev–Trinajstić information content (AvgIpc) is 2.85. The maximum Gasteiger partial charge on any atom is 0.227 e. The van der Waals surface area contributed by atoms with Crippen molar-refractivity contribution in [2.75, 3.05) is 6.61 Å². The lowest BCUT2D eigenvalue weighted by atomic mass is 10.3. The molecule has 0 atom stereocenters. The first-order valence-corrected chi connectivity index (χ1v) is 5.77. The fourth-order valence-electron chi connectivity index (χ4n) is 1.83. The molecule has 0 aliphatic heterocycles. The summed E-state index contributed by atoms with van der Waals surface area (Å²) in [5, 5.41) is 5.17. The summed E-state index contributed by atoms with van der Waals surface area (Å²) >= 11 is 0. The number of ether oxygens (including phenoxy) is 1. The fourth-order valence-corrected chi connectivity index (χ4v) is 1.83. The van der Waals surface area contributed by atoms with E-state index in [4.69, 9.17) is 4.74 Å². The van der Waals surface area contributed by atoms with Crippen LogP contribution in [-0.4, -0.2) is 26.4 Å². The first kappa shape index (κ1) is 10.7. The maximum atomic E-state index is 5.46. The van der Waals surface area contributed by atoms with Crippen LogP contribution in [0, 0.1) is 0 Å². The van der Waals surface area contributed by atoms with Gasteiger partial charge in [-0.3, -0.25) is 0 Å². The van der Waals surface area contributed by atoms with E-state index >= 15 is 0 Å². The Labute approximate surface area is 104 Å². The molecule has 0 spiro atoms. The van der Waals surface area contributed by atoms with Gasteiger partial charge in [-0.2, -0.15) is 5.10 Å². The zero-order valence-electron chi connectivity index (χ0n) is 9.95. The summed E-state index contributed by atoms with van der Waals surface area (Å²) in [6.07, 6.45) is 3.22. The van der Waals surface area contributed by atoms with Crippen molar-refractivity contribution in [3.8, 4) is 11.6 Å². The summed E-state index contributed by atoms with van der Waals surface area (Å²) < 4.78 is 7.24. The van der Waals surface area contributed by atoms with E-state index in [2.05, 4.69) is 15.1 Å². The minimum absolute atomic E-state index is 0.572. The van der Waals surface area contributed by atoms with Crippen molar-refractivity contribution in [2.45, 2.75) is 6.92 Å². The SMILES string of the molecule is CCOc1ncnc2c1cnn2-c1ccccc1. The summed E-state index contributed by atoms with van der Waals surface area (Å²) in [7, 11) is 0. The normalized spacial score (nSPS) is 10.7. The van der Waals surface area contributed by atoms with E-state index in [0.29, 0.717) is 12.5 Å². The van der Waals surface area contributed by atoms with Crippen LogP contribution in [0.1, 0.15) is 6.92 Å². The number of para-hydroxylation sites is 1. The van der Waals surface area contributed by atoms with Crippen LogP contribution >= 0.6 is 0 Å². The molecule has 0 aliphatic carbocycles. The quantitative estimate of drug-likeness (QED) is 0.704. The second kappa shape index (κ2) is 4.44. The highest BCUT2D eigenvalue weighted by Gasteiger charge is 2.11. The average molecular weight is 240 g/mol. The highest BCUT2D eigenvalue weighted by atomic mass is 16.5. The Kier molecular flexibility index (Phi) is 2.64. The highest BCUT2D eigenvalue weighted by molar-refractivity contribution is 5.81. The molecule has 3 aromatic rings. The molecule has 2 heterocycles. The Balaban J connectivity index is 2.18. The predicted molar refractivity (Wildman–Crippen MR) is 67.8 cm³/mol. The number of benzene rings is 1. The summed E-state index contributed by atoms with van der Waals surface area (Å²) in [5.41, 5.74) is 1.72. The Morgan fingerprint density at radius 1 is 1.17 bits per heavy atom. The standard InChI is InChI=1S/C13H12N4O/c1-2-18-13-11-8-16-17(12(11)14-9-15-13)10-6-4-3-5-7-10/h3-9H,2H2,1H3. The topological polar surface area (TPSA) is 52.8 Å². The Morgan fingerprint density at radius 2 is 2.00 bits per heavy atom. The van der Waals surface area contributed by atoms with Gasteiger partial charge in [0.15, 0.2) is 5.65 Å². The number of fused-ring (bicyclic) bond motifs is 1. The third-order valence-corrected chi connectivity index (χ3v) is 2.61. The number of rotatable bonds is 3. The van der Waals surface area contributed by atoms with Crippen molar-refractivity contribution in [1.29, 1.82) is 0 Å². The second-order valence-electron chi connectivity index (χ2n) is 3.74. The largest absolute Gasteiger partial charge is 0.477 e. The molecule has 0 saturated heterocycles. The van der Waals surface area contributed by atoms with Crippen molar-refractivity contribution >= 4 is 11.0 Å². The second-order valence-corrected chi connectivity index (χ2v) is 3.74. The van der Waals surface area contributed by atoms with Gasteiger partial charge in [0.25, 0.3) is 0 Å². The van der Waals surface area contributed by atoms with Crippen molar-refractivity contribution in [2.24, 2.45) is 0 Å². The molecule has 0 aliphatic rings. The van der Waals surface area contributed by atoms with Crippen molar-refractivity contribution in [1.82, 2.24) is 19.7 Å². The van der Waals surface area contributed by atoms with Gasteiger partial charge in [-0.25, -0.2) is 14.6 Å². The molecule has 0 N–H and O–H groups in total. The van der Waals surface area contributed by atoms with Gasteiger partial charge in [-0.1, -0.05) is 18.2 Å². The van der Waals surface area contributed by atoms with Crippen LogP contribution < -0.4 is 4.74 Å². The van der Waals surface area contributed by atoms with E-state index in [0.717, 1.165) is 16.7 Å². The summed E-state index contributed by atoms with van der Waals surface area (Å²) in [5.74, 6) is 0.574. The lowest BCUT2D eigenvalue weighted by Crippen LogP contribution is -1.99. The molecule has 1 aromatic carbocycles. The first-order valence-electron chi connectivity index (χ1n) is 5.77. The number of hydrogen-bond donors (Lipinski definition) is 0. The lowest BCUT2D eigenvalue weighted by Gasteiger charge is -2.04. The van der Waals surface area contributed by atoms with Crippen LogP contribution in [-0.2, 0) is 0 Å². The smallest absolute Gasteiger partial charge is 0.227 e. The van der Waals surface area contributed by atoms with Crippen LogP contribution in [0.4, 0.5) is 0 Å². The fraction of sp³-hybridized carbons (Fsp3) is 0.154. The molecule has 0 fully saturated rings. The van der Waals surface area contributed by atoms with Gasteiger partial charge in [0.1, 0.15) is 11.7 Å². The minimum Gasteiger partial charge on any atom is -0.477 e. The third-order valence-electron chi connectivity index (χ3n) is 2.61. The third kappa shape index (κ3) is 1.69.